The molecule has 0 aliphatic heterocycles. The molecule has 2 unspecified atom stereocenters. The molecule has 412 valence electrons. The van der Waals surface area contributed by atoms with Crippen LogP contribution in [0.4, 0.5) is 0 Å². The Bertz CT molecular complexity index is 1300. The Labute approximate surface area is 424 Å². The fourth-order valence-corrected chi connectivity index (χ4v) is 8.56. The third kappa shape index (κ3) is 50.5. The topological polar surface area (TPSA) is 196 Å². The second-order valence-electron chi connectivity index (χ2n) is 18.7. The van der Waals surface area contributed by atoms with E-state index in [2.05, 4.69) is 18.6 Å². The van der Waals surface area contributed by atoms with Crippen molar-refractivity contribution in [2.45, 2.75) is 258 Å². The van der Waals surface area contributed by atoms with Crippen molar-refractivity contribution in [2.24, 2.45) is 0 Å². The lowest BCUT2D eigenvalue weighted by molar-refractivity contribution is -0.161. The smallest absolute Gasteiger partial charge is 0.469 e. The Hall–Kier alpha value is -2.42. The van der Waals surface area contributed by atoms with E-state index in [1.807, 2.05) is 0 Å². The van der Waals surface area contributed by atoms with Crippen LogP contribution in [0.2, 0.25) is 0 Å². The summed E-state index contributed by atoms with van der Waals surface area (Å²) < 4.78 is 54.1. The fourth-order valence-electron chi connectivity index (χ4n) is 7.78. The van der Waals surface area contributed by atoms with Crippen LogP contribution in [0.15, 0.2) is 0 Å². The Morgan fingerprint density at radius 3 is 1.23 bits per heavy atom. The molecule has 0 saturated heterocycles. The lowest BCUT2D eigenvalue weighted by Gasteiger charge is -2.20. The van der Waals surface area contributed by atoms with E-state index in [1.54, 1.807) is 0 Å². The van der Waals surface area contributed by atoms with E-state index >= 15 is 0 Å². The van der Waals surface area contributed by atoms with Crippen LogP contribution in [0.5, 0.6) is 0 Å². The zero-order chi connectivity index (χ0) is 51.4. The Kier molecular flexibility index (Phi) is 49.7. The van der Waals surface area contributed by atoms with Gasteiger partial charge in [0.25, 0.3) is 0 Å². The van der Waals surface area contributed by atoms with Gasteiger partial charge in [-0.2, -0.15) is 0 Å². The Balaban J connectivity index is 4.54. The Morgan fingerprint density at radius 2 is 0.786 bits per heavy atom. The fraction of sp³-hybridized carbons (Fsp3) is 0.907. The lowest BCUT2D eigenvalue weighted by Crippen LogP contribution is -2.29. The summed E-state index contributed by atoms with van der Waals surface area (Å²) in [6, 6.07) is 0. The zero-order valence-electron chi connectivity index (χ0n) is 44.5. The molecule has 0 aromatic rings. The first-order valence-corrected chi connectivity index (χ1v) is 29.4. The lowest BCUT2D eigenvalue weighted by atomic mass is 10.0. The molecule has 0 radical (unpaired) electrons. The van der Waals surface area contributed by atoms with Gasteiger partial charge in [0.05, 0.1) is 66.2 Å². The van der Waals surface area contributed by atoms with Crippen molar-refractivity contribution in [3.63, 3.8) is 0 Å². The molecule has 0 rings (SSSR count). The quantitative estimate of drug-likeness (QED) is 0.0261. The first-order chi connectivity index (χ1) is 34.0. The Morgan fingerprint density at radius 1 is 0.386 bits per heavy atom. The minimum Gasteiger partial charge on any atom is -0.469 e. The number of esters is 4. The molecule has 0 aromatic heterocycles. The number of carbonyl (C=O) groups excluding carboxylic acids is 5. The van der Waals surface area contributed by atoms with Crippen LogP contribution in [0.3, 0.4) is 0 Å². The molecular formula is C54H101O15P. The van der Waals surface area contributed by atoms with Gasteiger partial charge in [0.1, 0.15) is 12.4 Å². The summed E-state index contributed by atoms with van der Waals surface area (Å²) in [6.45, 7) is 4.11. The zero-order valence-corrected chi connectivity index (χ0v) is 45.4. The number of carbonyl (C=O) groups is 5. The monoisotopic (exact) mass is 1020 g/mol. The van der Waals surface area contributed by atoms with Gasteiger partial charge in [-0.15, -0.1) is 0 Å². The predicted octanol–water partition coefficient (Wildman–Crippen LogP) is 13.4. The largest absolute Gasteiger partial charge is 0.472 e. The highest BCUT2D eigenvalue weighted by molar-refractivity contribution is 7.47. The maximum Gasteiger partial charge on any atom is 0.472 e. The number of phosphoric acid groups is 1. The van der Waals surface area contributed by atoms with Gasteiger partial charge in [-0.1, -0.05) is 194 Å². The molecule has 0 fully saturated rings. The summed E-state index contributed by atoms with van der Waals surface area (Å²) in [7, 11) is -3.31. The highest BCUT2D eigenvalue weighted by Crippen LogP contribution is 2.43. The minimum atomic E-state index is -4.61. The van der Waals surface area contributed by atoms with E-state index in [0.717, 1.165) is 38.5 Å². The standard InChI is InChI=1S/C54H101O15P/c1-4-6-8-10-12-14-16-18-20-22-24-26-28-30-32-36-52(57)66-47-50(69-54(59)37-33-31-29-27-25-23-21-19-17-15-13-11-9-7-5-2)48-68-70(60,61)67-41-34-35-49(55)38-44-65-53(58)40-43-64-46-45-63-42-39-51(56)62-3/h50H,4-48H2,1-3H3,(H,60,61). The van der Waals surface area contributed by atoms with Gasteiger partial charge >= 0.3 is 31.7 Å². The summed E-state index contributed by atoms with van der Waals surface area (Å²) in [4.78, 5) is 71.1. The summed E-state index contributed by atoms with van der Waals surface area (Å²) in [5.41, 5.74) is 0. The van der Waals surface area contributed by atoms with E-state index in [1.165, 1.54) is 148 Å². The molecule has 0 aromatic carbocycles. The van der Waals surface area contributed by atoms with Crippen LogP contribution in [0, 0.1) is 0 Å². The third-order valence-electron chi connectivity index (χ3n) is 12.1. The van der Waals surface area contributed by atoms with Crippen LogP contribution in [0.1, 0.15) is 251 Å². The highest BCUT2D eigenvalue weighted by Gasteiger charge is 2.26. The SMILES string of the molecule is CCCCCCCCCCCCCCCCCC(=O)OCC(COP(=O)(O)OCCCC(=O)CCOC(=O)CCOCCOCCC(=O)OC)OC(=O)CCCCCCCCCCCCCCCCC. The molecule has 0 heterocycles. The number of unbranched alkanes of at least 4 members (excludes halogenated alkanes) is 28. The summed E-state index contributed by atoms with van der Waals surface area (Å²) in [5.74, 6) is -2.04. The number of rotatable bonds is 55. The van der Waals surface area contributed by atoms with E-state index < -0.39 is 38.4 Å². The molecule has 0 aliphatic rings. The third-order valence-corrected chi connectivity index (χ3v) is 13.1. The van der Waals surface area contributed by atoms with Crippen LogP contribution < -0.4 is 0 Å². The van der Waals surface area contributed by atoms with E-state index in [-0.39, 0.29) is 103 Å². The first kappa shape index (κ1) is 67.6. The van der Waals surface area contributed by atoms with Crippen molar-refractivity contribution in [1.82, 2.24) is 0 Å². The number of methoxy groups -OCH3 is 1. The van der Waals surface area contributed by atoms with Gasteiger partial charge in [0.2, 0.25) is 0 Å². The van der Waals surface area contributed by atoms with Crippen molar-refractivity contribution < 1.29 is 70.9 Å². The van der Waals surface area contributed by atoms with Gasteiger partial charge in [-0.25, -0.2) is 4.57 Å². The van der Waals surface area contributed by atoms with Gasteiger partial charge in [-0.3, -0.25) is 33.0 Å². The van der Waals surface area contributed by atoms with E-state index in [4.69, 9.17) is 32.7 Å². The average molecular weight is 1020 g/mol. The van der Waals surface area contributed by atoms with Crippen LogP contribution >= 0.6 is 7.82 Å². The number of hydrogen-bond acceptors (Lipinski definition) is 14. The average Bonchev–Trinajstić information content (AvgIpc) is 3.34. The van der Waals surface area contributed by atoms with Crippen LogP contribution in [-0.2, 0) is 66.0 Å². The molecule has 2 atom stereocenters. The summed E-state index contributed by atoms with van der Waals surface area (Å²) in [6.07, 6.45) is 36.0. The molecule has 70 heavy (non-hydrogen) atoms. The second kappa shape index (κ2) is 51.5. The maximum atomic E-state index is 12.8. The summed E-state index contributed by atoms with van der Waals surface area (Å²) in [5, 5.41) is 0. The molecule has 16 heteroatoms. The number of ketones is 1. The number of phosphoric ester groups is 1. The molecule has 0 spiro atoms. The van der Waals surface area contributed by atoms with Gasteiger partial charge in [0.15, 0.2) is 6.10 Å². The second-order valence-corrected chi connectivity index (χ2v) is 20.2. The molecular weight excluding hydrogens is 920 g/mol. The first-order valence-electron chi connectivity index (χ1n) is 27.9. The van der Waals surface area contributed by atoms with Crippen molar-refractivity contribution in [1.29, 1.82) is 0 Å². The van der Waals surface area contributed by atoms with Crippen molar-refractivity contribution in [3.05, 3.63) is 0 Å². The normalized spacial score (nSPS) is 12.6. The molecule has 15 nitrogen and oxygen atoms in total. The van der Waals surface area contributed by atoms with Gasteiger partial charge in [0, 0.05) is 25.7 Å². The predicted molar refractivity (Wildman–Crippen MR) is 274 cm³/mol. The minimum absolute atomic E-state index is 0.00241. The van der Waals surface area contributed by atoms with Crippen molar-refractivity contribution >= 4 is 37.5 Å². The van der Waals surface area contributed by atoms with Gasteiger partial charge in [-0.05, 0) is 19.3 Å². The molecule has 0 amide bonds. The molecule has 0 aliphatic carbocycles. The number of ether oxygens (including phenoxy) is 6. The highest BCUT2D eigenvalue weighted by atomic mass is 31.2. The van der Waals surface area contributed by atoms with E-state index in [0.29, 0.717) is 12.8 Å². The van der Waals surface area contributed by atoms with Crippen LogP contribution in [0.25, 0.3) is 0 Å². The van der Waals surface area contributed by atoms with Crippen molar-refractivity contribution in [3.8, 4) is 0 Å². The molecule has 0 saturated carbocycles. The number of Topliss-reactive ketones (excluding diaryl/α,β-unsaturated/α-hetero) is 1. The number of hydrogen-bond donors (Lipinski definition) is 1. The molecule has 0 bridgehead atoms. The van der Waals surface area contributed by atoms with Gasteiger partial charge < -0.3 is 33.3 Å². The van der Waals surface area contributed by atoms with Crippen LogP contribution in [-0.4, -0.2) is 101 Å². The summed E-state index contributed by atoms with van der Waals surface area (Å²) >= 11 is 0. The molecule has 1 N–H and O–H groups in total. The van der Waals surface area contributed by atoms with E-state index in [9.17, 15) is 33.4 Å². The maximum absolute atomic E-state index is 12.8. The van der Waals surface area contributed by atoms with Crippen molar-refractivity contribution in [2.75, 3.05) is 60.0 Å².